The molecule has 0 spiro atoms. The van der Waals surface area contributed by atoms with E-state index in [4.69, 9.17) is 0 Å². The van der Waals surface area contributed by atoms with Gasteiger partial charge in [0.1, 0.15) is 5.82 Å². The lowest BCUT2D eigenvalue weighted by Gasteiger charge is -2.08. The van der Waals surface area contributed by atoms with Gasteiger partial charge in [-0.15, -0.1) is 11.8 Å². The van der Waals surface area contributed by atoms with Crippen molar-refractivity contribution in [1.82, 2.24) is 0 Å². The van der Waals surface area contributed by atoms with Crippen LogP contribution in [0.2, 0.25) is 0 Å². The van der Waals surface area contributed by atoms with E-state index in [0.717, 1.165) is 17.2 Å². The number of aryl methyl sites for hydroxylation is 1. The molecule has 1 N–H and O–H groups in total. The van der Waals surface area contributed by atoms with Crippen molar-refractivity contribution in [3.05, 3.63) is 58.9 Å². The summed E-state index contributed by atoms with van der Waals surface area (Å²) in [5.41, 5.74) is 2.77. The van der Waals surface area contributed by atoms with Crippen LogP contribution in [0.5, 0.6) is 0 Å². The van der Waals surface area contributed by atoms with E-state index in [9.17, 15) is 14.0 Å². The van der Waals surface area contributed by atoms with Crippen LogP contribution in [0.25, 0.3) is 0 Å². The highest BCUT2D eigenvalue weighted by Crippen LogP contribution is 2.33. The molecule has 1 heterocycles. The number of Topliss-reactive ketones (excluding diaryl/α,β-unsaturated/α-hetero) is 1. The first-order valence-electron chi connectivity index (χ1n) is 6.43. The standard InChI is InChI=1S/C16H12FNO2S/c1-9-4-2-3-5-10(9)8-21-14-7-13-11(6-12(14)17)15(19)16(20)18-13/h2-7H,8H2,1H3,(H,18,19,20). The minimum Gasteiger partial charge on any atom is -0.318 e. The molecule has 0 saturated heterocycles. The number of nitrogens with one attached hydrogen (secondary N) is 1. The summed E-state index contributed by atoms with van der Waals surface area (Å²) in [7, 11) is 0. The van der Waals surface area contributed by atoms with Gasteiger partial charge in [0.25, 0.3) is 11.7 Å². The smallest absolute Gasteiger partial charge is 0.296 e. The minimum absolute atomic E-state index is 0.109. The molecule has 2 aromatic carbocycles. The highest BCUT2D eigenvalue weighted by Gasteiger charge is 2.29. The molecule has 5 heteroatoms. The lowest BCUT2D eigenvalue weighted by atomic mass is 10.1. The first kappa shape index (κ1) is 13.8. The summed E-state index contributed by atoms with van der Waals surface area (Å²) in [6, 6.07) is 10.6. The lowest BCUT2D eigenvalue weighted by Crippen LogP contribution is -2.12. The second kappa shape index (κ2) is 5.33. The molecule has 0 aromatic heterocycles. The molecule has 3 nitrogen and oxygen atoms in total. The summed E-state index contributed by atoms with van der Waals surface area (Å²) in [6.45, 7) is 2.01. The highest BCUT2D eigenvalue weighted by molar-refractivity contribution is 7.98. The number of rotatable bonds is 3. The maximum absolute atomic E-state index is 14.0. The molecule has 0 bridgehead atoms. The van der Waals surface area contributed by atoms with Gasteiger partial charge in [0, 0.05) is 10.6 Å². The van der Waals surface area contributed by atoms with E-state index >= 15 is 0 Å². The Morgan fingerprint density at radius 1 is 1.19 bits per heavy atom. The molecule has 2 aromatic rings. The van der Waals surface area contributed by atoms with Crippen LogP contribution >= 0.6 is 11.8 Å². The van der Waals surface area contributed by atoms with E-state index in [-0.39, 0.29) is 5.56 Å². The zero-order chi connectivity index (χ0) is 15.0. The molecular formula is C16H12FNO2S. The SMILES string of the molecule is Cc1ccccc1CSc1cc2c(cc1F)C(=O)C(=O)N2. The van der Waals surface area contributed by atoms with Crippen molar-refractivity contribution in [2.45, 2.75) is 17.6 Å². The van der Waals surface area contributed by atoms with Gasteiger partial charge in [-0.25, -0.2) is 4.39 Å². The molecule has 0 saturated carbocycles. The topological polar surface area (TPSA) is 46.2 Å². The predicted octanol–water partition coefficient (Wildman–Crippen LogP) is 3.56. The molecule has 1 aliphatic heterocycles. The third-order valence-electron chi connectivity index (χ3n) is 3.42. The number of benzene rings is 2. The van der Waals surface area contributed by atoms with Crippen LogP contribution in [0.1, 0.15) is 21.5 Å². The predicted molar refractivity (Wildman–Crippen MR) is 80.1 cm³/mol. The van der Waals surface area contributed by atoms with Crippen LogP contribution in [0.15, 0.2) is 41.3 Å². The van der Waals surface area contributed by atoms with E-state index in [1.54, 1.807) is 0 Å². The van der Waals surface area contributed by atoms with Gasteiger partial charge in [-0.1, -0.05) is 24.3 Å². The van der Waals surface area contributed by atoms with E-state index in [1.165, 1.54) is 17.8 Å². The van der Waals surface area contributed by atoms with Gasteiger partial charge in [0.2, 0.25) is 0 Å². The van der Waals surface area contributed by atoms with Crippen molar-refractivity contribution in [2.75, 3.05) is 5.32 Å². The minimum atomic E-state index is -0.703. The average molecular weight is 301 g/mol. The van der Waals surface area contributed by atoms with E-state index in [0.29, 0.717) is 16.3 Å². The quantitative estimate of drug-likeness (QED) is 0.696. The average Bonchev–Trinajstić information content (AvgIpc) is 2.73. The van der Waals surface area contributed by atoms with Crippen LogP contribution in [0.4, 0.5) is 10.1 Å². The number of fused-ring (bicyclic) bond motifs is 1. The summed E-state index contributed by atoms with van der Waals surface area (Å²) in [5, 5.41) is 2.46. The maximum atomic E-state index is 14.0. The van der Waals surface area contributed by atoms with Crippen molar-refractivity contribution in [2.24, 2.45) is 0 Å². The first-order valence-corrected chi connectivity index (χ1v) is 7.41. The van der Waals surface area contributed by atoms with Gasteiger partial charge in [-0.2, -0.15) is 0 Å². The Labute approximate surface area is 125 Å². The summed E-state index contributed by atoms with van der Waals surface area (Å²) >= 11 is 1.35. The Balaban J connectivity index is 1.85. The largest absolute Gasteiger partial charge is 0.318 e. The van der Waals surface area contributed by atoms with Crippen molar-refractivity contribution in [3.8, 4) is 0 Å². The maximum Gasteiger partial charge on any atom is 0.296 e. The number of carbonyl (C=O) groups excluding carboxylic acids is 2. The molecule has 3 rings (SSSR count). The molecule has 0 aliphatic carbocycles. The van der Waals surface area contributed by atoms with Crippen molar-refractivity contribution in [1.29, 1.82) is 0 Å². The number of ketones is 1. The lowest BCUT2D eigenvalue weighted by molar-refractivity contribution is -0.112. The van der Waals surface area contributed by atoms with E-state index < -0.39 is 17.5 Å². The molecular weight excluding hydrogens is 289 g/mol. The number of amides is 1. The fourth-order valence-electron chi connectivity index (χ4n) is 2.18. The zero-order valence-electron chi connectivity index (χ0n) is 11.3. The highest BCUT2D eigenvalue weighted by atomic mass is 32.2. The molecule has 0 atom stereocenters. The molecule has 0 unspecified atom stereocenters. The van der Waals surface area contributed by atoms with Gasteiger partial charge in [0.15, 0.2) is 0 Å². The van der Waals surface area contributed by atoms with Crippen molar-refractivity contribution < 1.29 is 14.0 Å². The molecule has 0 radical (unpaired) electrons. The number of thioether (sulfide) groups is 1. The monoisotopic (exact) mass is 301 g/mol. The third kappa shape index (κ3) is 2.56. The van der Waals surface area contributed by atoms with E-state index in [1.807, 2.05) is 31.2 Å². The second-order valence-corrected chi connectivity index (χ2v) is 5.84. The number of hydrogen-bond acceptors (Lipinski definition) is 3. The molecule has 0 fully saturated rings. The van der Waals surface area contributed by atoms with Gasteiger partial charge in [-0.05, 0) is 30.2 Å². The fraction of sp³-hybridized carbons (Fsp3) is 0.125. The van der Waals surface area contributed by atoms with Gasteiger partial charge < -0.3 is 5.32 Å². The van der Waals surface area contributed by atoms with Crippen molar-refractivity contribution in [3.63, 3.8) is 0 Å². The van der Waals surface area contributed by atoms with Crippen LogP contribution in [-0.4, -0.2) is 11.7 Å². The zero-order valence-corrected chi connectivity index (χ0v) is 12.1. The Morgan fingerprint density at radius 3 is 2.71 bits per heavy atom. The Bertz CT molecular complexity index is 758. The van der Waals surface area contributed by atoms with Gasteiger partial charge >= 0.3 is 0 Å². The normalized spacial score (nSPS) is 13.2. The number of anilines is 1. The molecule has 21 heavy (non-hydrogen) atoms. The van der Waals surface area contributed by atoms with Crippen molar-refractivity contribution >= 4 is 29.1 Å². The number of carbonyl (C=O) groups is 2. The van der Waals surface area contributed by atoms with Gasteiger partial charge in [0.05, 0.1) is 11.3 Å². The molecule has 1 aliphatic rings. The first-order chi connectivity index (χ1) is 10.1. The number of halogens is 1. The fourth-order valence-corrected chi connectivity index (χ4v) is 3.22. The van der Waals surface area contributed by atoms with E-state index in [2.05, 4.69) is 5.32 Å². The molecule has 106 valence electrons. The third-order valence-corrected chi connectivity index (χ3v) is 4.49. The molecule has 1 amide bonds. The summed E-state index contributed by atoms with van der Waals surface area (Å²) < 4.78 is 14.0. The van der Waals surface area contributed by atoms with Gasteiger partial charge in [-0.3, -0.25) is 9.59 Å². The van der Waals surface area contributed by atoms with Crippen LogP contribution in [0.3, 0.4) is 0 Å². The van der Waals surface area contributed by atoms with Crippen LogP contribution in [0, 0.1) is 12.7 Å². The Hall–Kier alpha value is -2.14. The Morgan fingerprint density at radius 2 is 1.95 bits per heavy atom. The second-order valence-electron chi connectivity index (χ2n) is 4.83. The van der Waals surface area contributed by atoms with Crippen LogP contribution < -0.4 is 5.32 Å². The number of hydrogen-bond donors (Lipinski definition) is 1. The van der Waals surface area contributed by atoms with Crippen LogP contribution in [-0.2, 0) is 10.5 Å². The Kier molecular flexibility index (Phi) is 3.51. The summed E-state index contributed by atoms with van der Waals surface area (Å²) in [5.74, 6) is -1.23. The summed E-state index contributed by atoms with van der Waals surface area (Å²) in [4.78, 5) is 23.2. The summed E-state index contributed by atoms with van der Waals surface area (Å²) in [6.07, 6.45) is 0.